The van der Waals surface area contributed by atoms with E-state index in [1.165, 1.54) is 18.3 Å². The topological polar surface area (TPSA) is 115 Å². The van der Waals surface area contributed by atoms with Gasteiger partial charge in [-0.05, 0) is 6.42 Å². The molecule has 0 spiro atoms. The number of aromatic nitrogens is 4. The molecule has 1 N–H and O–H groups in total. The van der Waals surface area contributed by atoms with Crippen LogP contribution in [0, 0.1) is 0 Å². The number of carbonyl (C=O) groups is 1. The van der Waals surface area contributed by atoms with Gasteiger partial charge in [-0.1, -0.05) is 36.8 Å². The summed E-state index contributed by atoms with van der Waals surface area (Å²) in [6, 6.07) is 0. The third kappa shape index (κ3) is 4.21. The van der Waals surface area contributed by atoms with E-state index in [4.69, 9.17) is 11.6 Å². The number of nitrogens with one attached hydrogen (secondary N) is 1. The molecule has 0 unspecified atom stereocenters. The second kappa shape index (κ2) is 7.28. The van der Waals surface area contributed by atoms with Crippen molar-refractivity contribution in [3.63, 3.8) is 0 Å². The smallest absolute Gasteiger partial charge is 0.277 e. The minimum absolute atomic E-state index is 0.0455. The van der Waals surface area contributed by atoms with Crippen LogP contribution in [0.15, 0.2) is 11.4 Å². The molecule has 0 aliphatic rings. The molecule has 0 radical (unpaired) electrons. The Morgan fingerprint density at radius 3 is 2.74 bits per heavy atom. The van der Waals surface area contributed by atoms with Crippen molar-refractivity contribution in [3.05, 3.63) is 21.9 Å². The molecule has 0 bridgehead atoms. The fourth-order valence-electron chi connectivity index (χ4n) is 1.56. The molecule has 0 saturated heterocycles. The molecule has 2 rings (SSSR count). The normalized spacial score (nSPS) is 11.4. The van der Waals surface area contributed by atoms with Crippen LogP contribution >= 0.6 is 22.9 Å². The van der Waals surface area contributed by atoms with Crippen LogP contribution in [0.3, 0.4) is 0 Å². The molecule has 0 aromatic carbocycles. The summed E-state index contributed by atoms with van der Waals surface area (Å²) in [5.74, 6) is -0.837. The fraction of sp³-hybridized carbons (Fsp3) is 0.417. The standard InChI is InChI=1S/C12H14ClN5O3S2/c1-3-5-8-17-18-11(22-8)16-10(19)9-7(13)6-14-12(15-9)23(20,21)4-2/h6H,3-5H2,1-2H3,(H,16,18,19). The quantitative estimate of drug-likeness (QED) is 0.767. The highest BCUT2D eigenvalue weighted by atomic mass is 35.5. The molecule has 124 valence electrons. The SMILES string of the molecule is CCCc1nnc(NC(=O)c2nc(S(=O)(=O)CC)ncc2Cl)s1. The minimum atomic E-state index is -3.63. The predicted molar refractivity (Wildman–Crippen MR) is 86.6 cm³/mol. The van der Waals surface area contributed by atoms with Crippen LogP contribution in [0.1, 0.15) is 35.8 Å². The number of carbonyl (C=O) groups excluding carboxylic acids is 1. The molecule has 2 aromatic rings. The molecular weight excluding hydrogens is 362 g/mol. The van der Waals surface area contributed by atoms with Gasteiger partial charge in [0.15, 0.2) is 5.69 Å². The summed E-state index contributed by atoms with van der Waals surface area (Å²) < 4.78 is 23.6. The summed E-state index contributed by atoms with van der Waals surface area (Å²) in [5.41, 5.74) is -0.221. The zero-order chi connectivity index (χ0) is 17.0. The van der Waals surface area contributed by atoms with Gasteiger partial charge in [0.2, 0.25) is 20.1 Å². The van der Waals surface area contributed by atoms with Gasteiger partial charge in [-0.3, -0.25) is 10.1 Å². The Labute approximate surface area is 142 Å². The van der Waals surface area contributed by atoms with Crippen LogP contribution in [-0.4, -0.2) is 40.2 Å². The maximum atomic E-state index is 12.2. The highest BCUT2D eigenvalue weighted by Gasteiger charge is 2.21. The second-order valence-electron chi connectivity index (χ2n) is 4.46. The van der Waals surface area contributed by atoms with E-state index in [0.717, 1.165) is 24.0 Å². The number of hydrogen-bond donors (Lipinski definition) is 1. The molecule has 0 atom stereocenters. The molecule has 23 heavy (non-hydrogen) atoms. The Bertz CT molecular complexity index is 822. The number of anilines is 1. The lowest BCUT2D eigenvalue weighted by atomic mass is 10.4. The van der Waals surface area contributed by atoms with E-state index < -0.39 is 20.9 Å². The van der Waals surface area contributed by atoms with Gasteiger partial charge in [0.05, 0.1) is 17.0 Å². The van der Waals surface area contributed by atoms with E-state index in [0.29, 0.717) is 5.13 Å². The van der Waals surface area contributed by atoms with Gasteiger partial charge in [-0.15, -0.1) is 10.2 Å². The van der Waals surface area contributed by atoms with Crippen molar-refractivity contribution in [2.24, 2.45) is 0 Å². The zero-order valence-electron chi connectivity index (χ0n) is 12.4. The van der Waals surface area contributed by atoms with Crippen LogP contribution in [0.25, 0.3) is 0 Å². The summed E-state index contributed by atoms with van der Waals surface area (Å²) in [6.07, 6.45) is 2.77. The van der Waals surface area contributed by atoms with Gasteiger partial charge in [-0.25, -0.2) is 18.4 Å². The first-order valence-electron chi connectivity index (χ1n) is 6.76. The first kappa shape index (κ1) is 17.7. The van der Waals surface area contributed by atoms with Crippen LogP contribution < -0.4 is 5.32 Å². The predicted octanol–water partition coefficient (Wildman–Crippen LogP) is 1.98. The van der Waals surface area contributed by atoms with Gasteiger partial charge in [0.1, 0.15) is 5.01 Å². The highest BCUT2D eigenvalue weighted by Crippen LogP contribution is 2.20. The maximum absolute atomic E-state index is 12.2. The molecular formula is C12H14ClN5O3S2. The van der Waals surface area contributed by atoms with E-state index in [9.17, 15) is 13.2 Å². The third-order valence-corrected chi connectivity index (χ3v) is 5.43. The van der Waals surface area contributed by atoms with Gasteiger partial charge in [-0.2, -0.15) is 0 Å². The molecule has 1 amide bonds. The van der Waals surface area contributed by atoms with Crippen molar-refractivity contribution in [1.82, 2.24) is 20.2 Å². The third-order valence-electron chi connectivity index (χ3n) is 2.75. The van der Waals surface area contributed by atoms with Crippen molar-refractivity contribution in [2.75, 3.05) is 11.1 Å². The van der Waals surface area contributed by atoms with Crippen molar-refractivity contribution >= 4 is 43.8 Å². The van der Waals surface area contributed by atoms with Gasteiger partial charge in [0, 0.05) is 6.42 Å². The number of aryl methyl sites for hydroxylation is 1. The average molecular weight is 376 g/mol. The van der Waals surface area contributed by atoms with Gasteiger partial charge < -0.3 is 0 Å². The summed E-state index contributed by atoms with van der Waals surface area (Å²) in [5, 5.41) is 10.9. The molecule has 11 heteroatoms. The molecule has 0 fully saturated rings. The molecule has 0 aliphatic heterocycles. The minimum Gasteiger partial charge on any atom is -0.295 e. The number of nitrogens with zero attached hydrogens (tertiary/aromatic N) is 4. The fourth-order valence-corrected chi connectivity index (χ4v) is 3.28. The Hall–Kier alpha value is -1.65. The summed E-state index contributed by atoms with van der Waals surface area (Å²) in [7, 11) is -3.63. The van der Waals surface area contributed by atoms with E-state index in [1.54, 1.807) is 0 Å². The van der Waals surface area contributed by atoms with Crippen LogP contribution in [0.2, 0.25) is 5.02 Å². The monoisotopic (exact) mass is 375 g/mol. The van der Waals surface area contributed by atoms with Crippen molar-refractivity contribution in [1.29, 1.82) is 0 Å². The number of sulfone groups is 1. The number of halogens is 1. The van der Waals surface area contributed by atoms with E-state index in [1.807, 2.05) is 6.92 Å². The summed E-state index contributed by atoms with van der Waals surface area (Å²) in [4.78, 5) is 19.7. The maximum Gasteiger partial charge on any atom is 0.277 e. The summed E-state index contributed by atoms with van der Waals surface area (Å²) >= 11 is 7.13. The lowest BCUT2D eigenvalue weighted by molar-refractivity contribution is 0.102. The average Bonchev–Trinajstić information content (AvgIpc) is 2.95. The van der Waals surface area contributed by atoms with Gasteiger partial charge >= 0.3 is 0 Å². The first-order valence-corrected chi connectivity index (χ1v) is 9.61. The van der Waals surface area contributed by atoms with Crippen LogP contribution in [0.4, 0.5) is 5.13 Å². The van der Waals surface area contributed by atoms with Crippen molar-refractivity contribution in [2.45, 2.75) is 31.8 Å². The Morgan fingerprint density at radius 1 is 1.35 bits per heavy atom. The largest absolute Gasteiger partial charge is 0.295 e. The molecule has 2 aromatic heterocycles. The lowest BCUT2D eigenvalue weighted by Gasteiger charge is -2.05. The van der Waals surface area contributed by atoms with Crippen molar-refractivity contribution < 1.29 is 13.2 Å². The Balaban J connectivity index is 2.26. The van der Waals surface area contributed by atoms with Crippen LogP contribution in [-0.2, 0) is 16.3 Å². The molecule has 2 heterocycles. The number of rotatable bonds is 6. The zero-order valence-corrected chi connectivity index (χ0v) is 14.8. The van der Waals surface area contributed by atoms with Gasteiger partial charge in [0.25, 0.3) is 5.91 Å². The van der Waals surface area contributed by atoms with E-state index in [2.05, 4.69) is 25.5 Å². The van der Waals surface area contributed by atoms with Crippen molar-refractivity contribution in [3.8, 4) is 0 Å². The van der Waals surface area contributed by atoms with E-state index in [-0.39, 0.29) is 16.5 Å². The second-order valence-corrected chi connectivity index (χ2v) is 8.10. The molecule has 0 saturated carbocycles. The number of hydrogen-bond acceptors (Lipinski definition) is 8. The summed E-state index contributed by atoms with van der Waals surface area (Å²) in [6.45, 7) is 3.47. The highest BCUT2D eigenvalue weighted by molar-refractivity contribution is 7.91. The van der Waals surface area contributed by atoms with E-state index >= 15 is 0 Å². The Morgan fingerprint density at radius 2 is 2.09 bits per heavy atom. The first-order chi connectivity index (χ1) is 10.9. The van der Waals surface area contributed by atoms with Crippen LogP contribution in [0.5, 0.6) is 0 Å². The Kier molecular flexibility index (Phi) is 5.60. The number of amides is 1. The molecule has 0 aliphatic carbocycles. The lowest BCUT2D eigenvalue weighted by Crippen LogP contribution is -2.18. The molecule has 8 nitrogen and oxygen atoms in total.